The number of nitrogens with one attached hydrogen (secondary N) is 1. The van der Waals surface area contributed by atoms with Crippen molar-refractivity contribution in [3.8, 4) is 5.75 Å². The average molecular weight is 234 g/mol. The van der Waals surface area contributed by atoms with E-state index in [1.54, 1.807) is 7.11 Å². The average Bonchev–Trinajstić information content (AvgIpc) is 2.32. The highest BCUT2D eigenvalue weighted by Gasteiger charge is 2.19. The van der Waals surface area contributed by atoms with Gasteiger partial charge in [0.05, 0.1) is 7.11 Å². The molecular formula is C14H22N2O. The number of nitrogens with two attached hydrogens (primary N) is 1. The van der Waals surface area contributed by atoms with Crippen molar-refractivity contribution in [2.24, 2.45) is 5.73 Å². The zero-order chi connectivity index (χ0) is 12.3. The fourth-order valence-electron chi connectivity index (χ4n) is 2.50. The van der Waals surface area contributed by atoms with E-state index in [0.717, 1.165) is 12.2 Å². The van der Waals surface area contributed by atoms with Crippen molar-refractivity contribution in [1.29, 1.82) is 0 Å². The number of benzene rings is 1. The molecule has 1 aliphatic carbocycles. The second-order valence-corrected chi connectivity index (χ2v) is 4.95. The number of rotatable bonds is 3. The van der Waals surface area contributed by atoms with Crippen LogP contribution < -0.4 is 15.8 Å². The Morgan fingerprint density at radius 1 is 1.35 bits per heavy atom. The molecule has 3 nitrogen and oxygen atoms in total. The molecule has 0 bridgehead atoms. The van der Waals surface area contributed by atoms with Crippen LogP contribution in [0.25, 0.3) is 0 Å². The summed E-state index contributed by atoms with van der Waals surface area (Å²) < 4.78 is 5.21. The molecule has 0 spiro atoms. The zero-order valence-corrected chi connectivity index (χ0v) is 10.7. The number of hydrogen-bond donors (Lipinski definition) is 2. The van der Waals surface area contributed by atoms with E-state index in [4.69, 9.17) is 10.5 Å². The summed E-state index contributed by atoms with van der Waals surface area (Å²) in [6.07, 6.45) is 4.69. The molecule has 0 saturated heterocycles. The van der Waals surface area contributed by atoms with Crippen molar-refractivity contribution < 1.29 is 4.74 Å². The van der Waals surface area contributed by atoms with Gasteiger partial charge in [0.25, 0.3) is 0 Å². The number of anilines is 1. The molecular weight excluding hydrogens is 212 g/mol. The Morgan fingerprint density at radius 3 is 2.82 bits per heavy atom. The summed E-state index contributed by atoms with van der Waals surface area (Å²) in [6, 6.07) is 7.03. The molecule has 0 heterocycles. The summed E-state index contributed by atoms with van der Waals surface area (Å²) in [7, 11) is 1.70. The zero-order valence-electron chi connectivity index (χ0n) is 10.7. The van der Waals surface area contributed by atoms with Crippen LogP contribution in [0.4, 0.5) is 5.69 Å². The van der Waals surface area contributed by atoms with Crippen LogP contribution in [-0.4, -0.2) is 19.2 Å². The largest absolute Gasteiger partial charge is 0.497 e. The molecule has 1 aromatic rings. The monoisotopic (exact) mass is 234 g/mol. The van der Waals surface area contributed by atoms with E-state index in [2.05, 4.69) is 24.4 Å². The van der Waals surface area contributed by atoms with E-state index in [1.165, 1.54) is 30.5 Å². The lowest BCUT2D eigenvalue weighted by atomic mass is 9.91. The fourth-order valence-corrected chi connectivity index (χ4v) is 2.50. The summed E-state index contributed by atoms with van der Waals surface area (Å²) in [5.41, 5.74) is 8.43. The van der Waals surface area contributed by atoms with Gasteiger partial charge in [-0.25, -0.2) is 0 Å². The number of hydrogen-bond acceptors (Lipinski definition) is 3. The lowest BCUT2D eigenvalue weighted by Gasteiger charge is -2.28. The standard InChI is InChI=1S/C14H22N2O/c1-10-8-13(17-2)6-7-14(10)16-12-5-3-4-11(15)9-12/h6-8,11-12,16H,3-5,9,15H2,1-2H3. The third kappa shape index (κ3) is 3.13. The van der Waals surface area contributed by atoms with Gasteiger partial charge in [0.1, 0.15) is 5.75 Å². The second kappa shape index (κ2) is 5.41. The first-order valence-corrected chi connectivity index (χ1v) is 6.36. The van der Waals surface area contributed by atoms with E-state index in [1.807, 2.05) is 6.07 Å². The van der Waals surface area contributed by atoms with Gasteiger partial charge in [-0.3, -0.25) is 0 Å². The predicted molar refractivity (Wildman–Crippen MR) is 71.6 cm³/mol. The third-order valence-electron chi connectivity index (χ3n) is 3.51. The normalized spacial score (nSPS) is 24.4. The molecule has 1 saturated carbocycles. The Balaban J connectivity index is 2.02. The van der Waals surface area contributed by atoms with Gasteiger partial charge in [-0.15, -0.1) is 0 Å². The molecule has 3 N–H and O–H groups in total. The van der Waals surface area contributed by atoms with Crippen LogP contribution in [0, 0.1) is 6.92 Å². The van der Waals surface area contributed by atoms with Gasteiger partial charge in [-0.2, -0.15) is 0 Å². The highest BCUT2D eigenvalue weighted by Crippen LogP contribution is 2.25. The van der Waals surface area contributed by atoms with E-state index in [-0.39, 0.29) is 0 Å². The summed E-state index contributed by atoms with van der Waals surface area (Å²) >= 11 is 0. The summed E-state index contributed by atoms with van der Waals surface area (Å²) in [6.45, 7) is 2.10. The minimum atomic E-state index is 0.361. The Bertz CT molecular complexity index is 378. The molecule has 0 amide bonds. The third-order valence-corrected chi connectivity index (χ3v) is 3.51. The maximum Gasteiger partial charge on any atom is 0.119 e. The van der Waals surface area contributed by atoms with Gasteiger partial charge in [-0.05, 0) is 56.4 Å². The first-order chi connectivity index (χ1) is 8.19. The van der Waals surface area contributed by atoms with Crippen molar-refractivity contribution in [3.63, 3.8) is 0 Å². The molecule has 1 fully saturated rings. The Hall–Kier alpha value is -1.22. The van der Waals surface area contributed by atoms with Gasteiger partial charge in [0.2, 0.25) is 0 Å². The van der Waals surface area contributed by atoms with Crippen LogP contribution in [0.3, 0.4) is 0 Å². The second-order valence-electron chi connectivity index (χ2n) is 4.95. The van der Waals surface area contributed by atoms with Crippen LogP contribution in [-0.2, 0) is 0 Å². The lowest BCUT2D eigenvalue weighted by molar-refractivity contribution is 0.408. The van der Waals surface area contributed by atoms with Crippen molar-refractivity contribution in [1.82, 2.24) is 0 Å². The molecule has 3 heteroatoms. The summed E-state index contributed by atoms with van der Waals surface area (Å²) in [5, 5.41) is 3.60. The minimum absolute atomic E-state index is 0.361. The number of aryl methyl sites for hydroxylation is 1. The number of methoxy groups -OCH3 is 1. The van der Waals surface area contributed by atoms with Crippen LogP contribution in [0.5, 0.6) is 5.75 Å². The van der Waals surface area contributed by atoms with E-state index >= 15 is 0 Å². The maximum absolute atomic E-state index is 6.00. The van der Waals surface area contributed by atoms with Gasteiger partial charge in [0, 0.05) is 17.8 Å². The first-order valence-electron chi connectivity index (χ1n) is 6.36. The molecule has 1 aromatic carbocycles. The van der Waals surface area contributed by atoms with Crippen molar-refractivity contribution >= 4 is 5.69 Å². The Labute approximate surface area is 103 Å². The molecule has 0 aromatic heterocycles. The van der Waals surface area contributed by atoms with Crippen LogP contribution >= 0.6 is 0 Å². The molecule has 94 valence electrons. The van der Waals surface area contributed by atoms with Crippen LogP contribution in [0.1, 0.15) is 31.2 Å². The van der Waals surface area contributed by atoms with Gasteiger partial charge < -0.3 is 15.8 Å². The van der Waals surface area contributed by atoms with Crippen molar-refractivity contribution in [2.45, 2.75) is 44.7 Å². The predicted octanol–water partition coefficient (Wildman–Crippen LogP) is 2.69. The maximum atomic E-state index is 6.00. The van der Waals surface area contributed by atoms with Crippen molar-refractivity contribution in [3.05, 3.63) is 23.8 Å². The van der Waals surface area contributed by atoms with Crippen LogP contribution in [0.2, 0.25) is 0 Å². The van der Waals surface area contributed by atoms with E-state index in [0.29, 0.717) is 12.1 Å². The quantitative estimate of drug-likeness (QED) is 0.845. The lowest BCUT2D eigenvalue weighted by Crippen LogP contribution is -2.35. The Morgan fingerprint density at radius 2 is 2.18 bits per heavy atom. The molecule has 0 aliphatic heterocycles. The smallest absolute Gasteiger partial charge is 0.119 e. The van der Waals surface area contributed by atoms with Gasteiger partial charge in [0.15, 0.2) is 0 Å². The van der Waals surface area contributed by atoms with E-state index < -0.39 is 0 Å². The van der Waals surface area contributed by atoms with Gasteiger partial charge >= 0.3 is 0 Å². The topological polar surface area (TPSA) is 47.3 Å². The van der Waals surface area contributed by atoms with Crippen molar-refractivity contribution in [2.75, 3.05) is 12.4 Å². The highest BCUT2D eigenvalue weighted by molar-refractivity contribution is 5.54. The summed E-state index contributed by atoms with van der Waals surface area (Å²) in [5.74, 6) is 0.911. The first kappa shape index (κ1) is 12.2. The fraction of sp³-hybridized carbons (Fsp3) is 0.571. The molecule has 1 aliphatic rings. The summed E-state index contributed by atoms with van der Waals surface area (Å²) in [4.78, 5) is 0. The number of ether oxygens (including phenoxy) is 1. The molecule has 2 atom stereocenters. The molecule has 17 heavy (non-hydrogen) atoms. The minimum Gasteiger partial charge on any atom is -0.497 e. The Kier molecular flexibility index (Phi) is 3.89. The highest BCUT2D eigenvalue weighted by atomic mass is 16.5. The molecule has 0 radical (unpaired) electrons. The van der Waals surface area contributed by atoms with E-state index in [9.17, 15) is 0 Å². The molecule has 2 unspecified atom stereocenters. The van der Waals surface area contributed by atoms with Gasteiger partial charge in [-0.1, -0.05) is 0 Å². The SMILES string of the molecule is COc1ccc(NC2CCCC(N)C2)c(C)c1. The van der Waals surface area contributed by atoms with Crippen LogP contribution in [0.15, 0.2) is 18.2 Å². The molecule has 2 rings (SSSR count).